The summed E-state index contributed by atoms with van der Waals surface area (Å²) in [5.41, 5.74) is -0.423. The third kappa shape index (κ3) is 2.72. The lowest BCUT2D eigenvalue weighted by Crippen LogP contribution is -2.41. The second-order valence-electron chi connectivity index (χ2n) is 7.18. The molecule has 1 saturated heterocycles. The average molecular weight is 307 g/mol. The van der Waals surface area contributed by atoms with Crippen molar-refractivity contribution in [1.82, 2.24) is 14.8 Å². The van der Waals surface area contributed by atoms with Crippen molar-refractivity contribution >= 4 is 7.12 Å². The van der Waals surface area contributed by atoms with Crippen LogP contribution in [0.4, 0.5) is 4.39 Å². The Morgan fingerprint density at radius 2 is 1.64 bits per heavy atom. The van der Waals surface area contributed by atoms with Crippen molar-refractivity contribution in [2.75, 3.05) is 0 Å². The SMILES string of the molecule is CC1(C)OB(C(F)=C2CCC(n3cnnc3)CC2)OC1(C)C. The summed E-state index contributed by atoms with van der Waals surface area (Å²) in [6.45, 7) is 7.75. The lowest BCUT2D eigenvalue weighted by atomic mass is 9.79. The minimum atomic E-state index is -0.869. The van der Waals surface area contributed by atoms with Gasteiger partial charge in [-0.05, 0) is 59.0 Å². The zero-order valence-corrected chi connectivity index (χ0v) is 13.7. The van der Waals surface area contributed by atoms with E-state index in [2.05, 4.69) is 10.2 Å². The van der Waals surface area contributed by atoms with Gasteiger partial charge in [-0.25, -0.2) is 4.39 Å². The van der Waals surface area contributed by atoms with Crippen LogP contribution in [0.15, 0.2) is 24.0 Å². The summed E-state index contributed by atoms with van der Waals surface area (Å²) >= 11 is 0. The Morgan fingerprint density at radius 1 is 1.14 bits per heavy atom. The normalized spacial score (nSPS) is 27.2. The quantitative estimate of drug-likeness (QED) is 0.787. The van der Waals surface area contributed by atoms with Crippen molar-refractivity contribution < 1.29 is 13.7 Å². The van der Waals surface area contributed by atoms with Crippen LogP contribution in [0.25, 0.3) is 0 Å². The molecule has 22 heavy (non-hydrogen) atoms. The molecule has 0 radical (unpaired) electrons. The fourth-order valence-electron chi connectivity index (χ4n) is 3.00. The van der Waals surface area contributed by atoms with E-state index in [1.807, 2.05) is 32.3 Å². The van der Waals surface area contributed by atoms with Crippen LogP contribution >= 0.6 is 0 Å². The molecule has 1 aromatic rings. The van der Waals surface area contributed by atoms with Crippen LogP contribution in [0.1, 0.15) is 59.4 Å². The standard InChI is InChI=1S/C15H23BFN3O2/c1-14(2)15(3,4)22-16(21-14)13(17)11-5-7-12(8-6-11)20-9-18-19-10-20/h9-10,12H,5-8H2,1-4H3. The van der Waals surface area contributed by atoms with Gasteiger partial charge in [0.25, 0.3) is 0 Å². The number of hydrogen-bond donors (Lipinski definition) is 0. The molecule has 3 rings (SSSR count). The van der Waals surface area contributed by atoms with E-state index in [0.717, 1.165) is 31.3 Å². The molecule has 120 valence electrons. The highest BCUT2D eigenvalue weighted by Gasteiger charge is 2.53. The predicted molar refractivity (Wildman–Crippen MR) is 81.7 cm³/mol. The number of halogens is 1. The van der Waals surface area contributed by atoms with Gasteiger partial charge in [-0.2, -0.15) is 0 Å². The van der Waals surface area contributed by atoms with Crippen LogP contribution in [-0.4, -0.2) is 33.1 Å². The molecule has 2 aliphatic rings. The highest BCUT2D eigenvalue weighted by atomic mass is 19.1. The summed E-state index contributed by atoms with van der Waals surface area (Å²) in [6, 6.07) is 0.352. The molecule has 0 atom stereocenters. The Hall–Kier alpha value is -1.21. The van der Waals surface area contributed by atoms with Crippen molar-refractivity contribution in [1.29, 1.82) is 0 Å². The van der Waals surface area contributed by atoms with E-state index in [4.69, 9.17) is 9.31 Å². The molecule has 1 saturated carbocycles. The van der Waals surface area contributed by atoms with Gasteiger partial charge in [-0.15, -0.1) is 10.2 Å². The van der Waals surface area contributed by atoms with Gasteiger partial charge in [0.15, 0.2) is 0 Å². The molecular formula is C15H23BFN3O2. The van der Waals surface area contributed by atoms with E-state index >= 15 is 0 Å². The van der Waals surface area contributed by atoms with Crippen LogP contribution in [0.5, 0.6) is 0 Å². The van der Waals surface area contributed by atoms with Gasteiger partial charge in [0.1, 0.15) is 18.4 Å². The Balaban J connectivity index is 1.68. The third-order valence-electron chi connectivity index (χ3n) is 5.21. The van der Waals surface area contributed by atoms with Gasteiger partial charge in [0.2, 0.25) is 0 Å². The maximum Gasteiger partial charge on any atom is 0.525 e. The molecule has 0 aromatic carbocycles. The molecule has 0 spiro atoms. The van der Waals surface area contributed by atoms with Crippen molar-refractivity contribution in [3.05, 3.63) is 24.0 Å². The second-order valence-corrected chi connectivity index (χ2v) is 7.18. The summed E-state index contributed by atoms with van der Waals surface area (Å²) in [7, 11) is -0.869. The molecule has 0 unspecified atom stereocenters. The highest BCUT2D eigenvalue weighted by Crippen LogP contribution is 2.41. The largest absolute Gasteiger partial charge is 0.525 e. The number of allylic oxidation sites excluding steroid dienone is 1. The summed E-state index contributed by atoms with van der Waals surface area (Å²) in [5.74, 6) is 0. The Labute approximate surface area is 131 Å². The molecule has 0 amide bonds. The molecule has 5 nitrogen and oxygen atoms in total. The van der Waals surface area contributed by atoms with Gasteiger partial charge < -0.3 is 13.9 Å². The highest BCUT2D eigenvalue weighted by molar-refractivity contribution is 6.53. The minimum Gasteiger partial charge on any atom is -0.398 e. The minimum absolute atomic E-state index is 0.235. The zero-order valence-electron chi connectivity index (χ0n) is 13.7. The first-order chi connectivity index (χ1) is 10.3. The molecule has 0 N–H and O–H groups in total. The summed E-state index contributed by atoms with van der Waals surface area (Å²) in [5, 5.41) is 7.67. The van der Waals surface area contributed by atoms with Gasteiger partial charge in [0, 0.05) is 6.04 Å². The fourth-order valence-corrected chi connectivity index (χ4v) is 3.00. The van der Waals surface area contributed by atoms with Crippen LogP contribution in [-0.2, 0) is 9.31 Å². The Kier molecular flexibility index (Phi) is 3.89. The molecule has 0 bridgehead atoms. The zero-order chi connectivity index (χ0) is 16.0. The van der Waals surface area contributed by atoms with E-state index in [0.29, 0.717) is 6.04 Å². The van der Waals surface area contributed by atoms with Crippen LogP contribution in [0.3, 0.4) is 0 Å². The van der Waals surface area contributed by atoms with Gasteiger partial charge in [-0.3, -0.25) is 0 Å². The maximum atomic E-state index is 14.7. The monoisotopic (exact) mass is 307 g/mol. The predicted octanol–water partition coefficient (Wildman–Crippen LogP) is 3.25. The summed E-state index contributed by atoms with van der Waals surface area (Å²) in [4.78, 5) is 0. The van der Waals surface area contributed by atoms with E-state index in [-0.39, 0.29) is 5.73 Å². The molecule has 1 aliphatic carbocycles. The first-order valence-corrected chi connectivity index (χ1v) is 7.87. The molecule has 2 fully saturated rings. The lowest BCUT2D eigenvalue weighted by Gasteiger charge is -2.32. The van der Waals surface area contributed by atoms with Crippen LogP contribution in [0.2, 0.25) is 0 Å². The van der Waals surface area contributed by atoms with E-state index in [1.165, 1.54) is 0 Å². The van der Waals surface area contributed by atoms with Gasteiger partial charge in [-0.1, -0.05) is 0 Å². The molecule has 7 heteroatoms. The first kappa shape index (κ1) is 15.7. The topological polar surface area (TPSA) is 49.2 Å². The van der Waals surface area contributed by atoms with Crippen LogP contribution in [0, 0.1) is 0 Å². The van der Waals surface area contributed by atoms with E-state index < -0.39 is 18.3 Å². The molecular weight excluding hydrogens is 284 g/mol. The summed E-state index contributed by atoms with van der Waals surface area (Å²) in [6.07, 6.45) is 6.67. The first-order valence-electron chi connectivity index (χ1n) is 7.87. The van der Waals surface area contributed by atoms with Crippen molar-refractivity contribution in [3.63, 3.8) is 0 Å². The van der Waals surface area contributed by atoms with Crippen molar-refractivity contribution in [3.8, 4) is 0 Å². The number of hydrogen-bond acceptors (Lipinski definition) is 4. The fraction of sp³-hybridized carbons (Fsp3) is 0.733. The van der Waals surface area contributed by atoms with Gasteiger partial charge in [0.05, 0.1) is 11.2 Å². The second kappa shape index (κ2) is 5.46. The molecule has 2 heterocycles. The smallest absolute Gasteiger partial charge is 0.398 e. The lowest BCUT2D eigenvalue weighted by molar-refractivity contribution is 0.00578. The number of aromatic nitrogens is 3. The number of nitrogens with zero attached hydrogens (tertiary/aromatic N) is 3. The number of rotatable bonds is 2. The van der Waals surface area contributed by atoms with Crippen LogP contribution < -0.4 is 0 Å². The third-order valence-corrected chi connectivity index (χ3v) is 5.21. The molecule has 1 aliphatic heterocycles. The van der Waals surface area contributed by atoms with Gasteiger partial charge >= 0.3 is 7.12 Å². The Bertz CT molecular complexity index is 545. The summed E-state index contributed by atoms with van der Waals surface area (Å²) < 4.78 is 28.3. The molecule has 1 aromatic heterocycles. The Morgan fingerprint density at radius 3 is 2.14 bits per heavy atom. The average Bonchev–Trinajstić information content (AvgIpc) is 3.05. The van der Waals surface area contributed by atoms with E-state index in [1.54, 1.807) is 12.7 Å². The van der Waals surface area contributed by atoms with Crippen molar-refractivity contribution in [2.24, 2.45) is 0 Å². The maximum absolute atomic E-state index is 14.7. The van der Waals surface area contributed by atoms with E-state index in [9.17, 15) is 4.39 Å². The van der Waals surface area contributed by atoms with Crippen molar-refractivity contribution in [2.45, 2.75) is 70.6 Å².